The first-order valence-corrected chi connectivity index (χ1v) is 15.9. The van der Waals surface area contributed by atoms with Crippen LogP contribution in [-0.2, 0) is 21.9 Å². The van der Waals surface area contributed by atoms with Gasteiger partial charge in [0.05, 0.1) is 21.2 Å². The molecule has 0 saturated heterocycles. The maximum Gasteiger partial charge on any atom is 0.417 e. The molecule has 2 saturated carbocycles. The molecule has 236 valence electrons. The summed E-state index contributed by atoms with van der Waals surface area (Å²) in [7, 11) is 0. The number of rotatable bonds is 4. The fraction of sp³-hybridized carbons (Fsp3) is 0.533. The summed E-state index contributed by atoms with van der Waals surface area (Å²) in [6.45, 7) is 0. The summed E-state index contributed by atoms with van der Waals surface area (Å²) in [6.07, 6.45) is 6.55. The smallest absolute Gasteiger partial charge is 0.328 e. The third-order valence-electron chi connectivity index (χ3n) is 6.90. The average molecular weight is 648 g/mol. The van der Waals surface area contributed by atoms with Crippen LogP contribution in [0.15, 0.2) is 58.9 Å². The third-order valence-corrected chi connectivity index (χ3v) is 9.37. The van der Waals surface area contributed by atoms with Crippen LogP contribution in [0, 0.1) is 0 Å². The molecular formula is C30H35F6N3O2S2. The predicted octanol–water partition coefficient (Wildman–Crippen LogP) is 8.46. The zero-order valence-corrected chi connectivity index (χ0v) is 25.1. The summed E-state index contributed by atoms with van der Waals surface area (Å²) in [5.74, 6) is 0.511. The van der Waals surface area contributed by atoms with Crippen molar-refractivity contribution in [3.63, 3.8) is 0 Å². The van der Waals surface area contributed by atoms with E-state index >= 15 is 0 Å². The Hall–Kier alpha value is -2.38. The minimum Gasteiger partial charge on any atom is -0.328 e. The Morgan fingerprint density at radius 2 is 1.33 bits per heavy atom. The van der Waals surface area contributed by atoms with E-state index < -0.39 is 23.5 Å². The van der Waals surface area contributed by atoms with Gasteiger partial charge in [-0.15, -0.1) is 23.5 Å². The quantitative estimate of drug-likeness (QED) is 0.333. The number of hydrogen-bond acceptors (Lipinski definition) is 7. The summed E-state index contributed by atoms with van der Waals surface area (Å²) < 4.78 is 74.1. The van der Waals surface area contributed by atoms with Crippen molar-refractivity contribution in [1.29, 1.82) is 0 Å². The molecule has 2 fully saturated rings. The number of allylic oxidation sites excluding steroid dienone is 2. The molecular weight excluding hydrogens is 612 g/mol. The Balaban J connectivity index is 0.000000193. The number of nitrogens with zero attached hydrogens (tertiary/aromatic N) is 2. The summed E-state index contributed by atoms with van der Waals surface area (Å²) in [6, 6.07) is 5.13. The number of hydrogen-bond donors (Lipinski definition) is 1. The van der Waals surface area contributed by atoms with Crippen molar-refractivity contribution in [2.45, 2.75) is 110 Å². The van der Waals surface area contributed by atoms with Gasteiger partial charge in [0, 0.05) is 48.2 Å². The monoisotopic (exact) mass is 647 g/mol. The van der Waals surface area contributed by atoms with Gasteiger partial charge in [-0.3, -0.25) is 9.59 Å². The number of ketones is 2. The molecule has 3 unspecified atom stereocenters. The van der Waals surface area contributed by atoms with Crippen molar-refractivity contribution >= 4 is 35.1 Å². The zero-order chi connectivity index (χ0) is 31.5. The minimum absolute atomic E-state index is 0.149. The van der Waals surface area contributed by atoms with E-state index in [9.17, 15) is 35.9 Å². The van der Waals surface area contributed by atoms with Crippen LogP contribution in [-0.4, -0.2) is 38.1 Å². The summed E-state index contributed by atoms with van der Waals surface area (Å²) in [5, 5.41) is 1.71. The molecule has 0 radical (unpaired) electrons. The van der Waals surface area contributed by atoms with E-state index in [0.717, 1.165) is 82.3 Å². The van der Waals surface area contributed by atoms with Crippen LogP contribution in [0.4, 0.5) is 26.3 Å². The molecule has 0 spiro atoms. The van der Waals surface area contributed by atoms with Gasteiger partial charge < -0.3 is 5.73 Å². The fourth-order valence-electron chi connectivity index (χ4n) is 4.64. The first-order chi connectivity index (χ1) is 20.3. The Kier molecular flexibility index (Phi) is 13.6. The van der Waals surface area contributed by atoms with Crippen molar-refractivity contribution in [2.75, 3.05) is 0 Å². The maximum atomic E-state index is 12.4. The first-order valence-electron chi connectivity index (χ1n) is 14.2. The molecule has 3 atom stereocenters. The van der Waals surface area contributed by atoms with Crippen LogP contribution in [0.2, 0.25) is 0 Å². The van der Waals surface area contributed by atoms with Gasteiger partial charge in [-0.05, 0) is 75.3 Å². The third kappa shape index (κ3) is 13.0. The van der Waals surface area contributed by atoms with Crippen molar-refractivity contribution in [3.8, 4) is 0 Å². The number of thioether (sulfide) groups is 2. The maximum absolute atomic E-state index is 12.4. The molecule has 0 aromatic carbocycles. The van der Waals surface area contributed by atoms with Gasteiger partial charge in [0.25, 0.3) is 0 Å². The normalized spacial score (nSPS) is 22.6. The topological polar surface area (TPSA) is 85.9 Å². The molecule has 3 aliphatic carbocycles. The number of alkyl halides is 6. The van der Waals surface area contributed by atoms with Crippen LogP contribution in [0.5, 0.6) is 0 Å². The number of pyridine rings is 2. The predicted molar refractivity (Wildman–Crippen MR) is 156 cm³/mol. The number of Topliss-reactive ketones (excluding diaryl/α,β-unsaturated/α-hetero) is 1. The van der Waals surface area contributed by atoms with Gasteiger partial charge >= 0.3 is 12.4 Å². The number of halogens is 6. The van der Waals surface area contributed by atoms with Crippen LogP contribution < -0.4 is 5.73 Å². The van der Waals surface area contributed by atoms with Gasteiger partial charge in [0.1, 0.15) is 5.78 Å². The van der Waals surface area contributed by atoms with E-state index in [2.05, 4.69) is 9.97 Å². The highest BCUT2D eigenvalue weighted by molar-refractivity contribution is 8.00. The highest BCUT2D eigenvalue weighted by Crippen LogP contribution is 2.35. The largest absolute Gasteiger partial charge is 0.417 e. The van der Waals surface area contributed by atoms with Crippen LogP contribution in [0.3, 0.4) is 0 Å². The summed E-state index contributed by atoms with van der Waals surface area (Å²) >= 11 is 2.92. The van der Waals surface area contributed by atoms with E-state index in [1.54, 1.807) is 6.08 Å². The van der Waals surface area contributed by atoms with Crippen molar-refractivity contribution in [2.24, 2.45) is 5.73 Å². The number of nitrogens with two attached hydrogens (primary N) is 1. The Morgan fingerprint density at radius 3 is 1.74 bits per heavy atom. The van der Waals surface area contributed by atoms with Gasteiger partial charge in [-0.2, -0.15) is 26.3 Å². The van der Waals surface area contributed by atoms with Gasteiger partial charge in [0.2, 0.25) is 0 Å². The first kappa shape index (κ1) is 35.1. The lowest BCUT2D eigenvalue weighted by atomic mass is 9.96. The molecule has 5 rings (SSSR count). The molecule has 2 heterocycles. The van der Waals surface area contributed by atoms with Gasteiger partial charge in [-0.1, -0.05) is 12.5 Å². The second-order valence-electron chi connectivity index (χ2n) is 10.6. The highest BCUT2D eigenvalue weighted by atomic mass is 32.2. The van der Waals surface area contributed by atoms with E-state index in [-0.39, 0.29) is 22.9 Å². The molecule has 2 aromatic rings. The number of aromatic nitrogens is 2. The number of carbonyl (C=O) groups is 2. The molecule has 5 nitrogen and oxygen atoms in total. The lowest BCUT2D eigenvalue weighted by Gasteiger charge is -2.25. The number of carbonyl (C=O) groups excluding carboxylic acids is 2. The van der Waals surface area contributed by atoms with Crippen LogP contribution >= 0.6 is 23.5 Å². The van der Waals surface area contributed by atoms with Gasteiger partial charge in [0.15, 0.2) is 5.78 Å². The summed E-state index contributed by atoms with van der Waals surface area (Å²) in [4.78, 5) is 29.3. The zero-order valence-electron chi connectivity index (χ0n) is 23.5. The van der Waals surface area contributed by atoms with Crippen LogP contribution in [0.1, 0.15) is 81.8 Å². The SMILES string of the molecule is NC1CCCC(Sc2ccc(C(F)(F)F)cn2)C1.O=C1C=CCCC1.O=C1CCCC(Sc2ccc(C(F)(F)F)cn2)C1. The Morgan fingerprint density at radius 1 is 0.744 bits per heavy atom. The average Bonchev–Trinajstić information content (AvgIpc) is 2.94. The second kappa shape index (κ2) is 16.6. The van der Waals surface area contributed by atoms with Crippen molar-refractivity contribution in [3.05, 3.63) is 59.9 Å². The molecule has 0 bridgehead atoms. The molecule has 43 heavy (non-hydrogen) atoms. The van der Waals surface area contributed by atoms with Crippen molar-refractivity contribution < 1.29 is 35.9 Å². The van der Waals surface area contributed by atoms with Crippen molar-refractivity contribution in [1.82, 2.24) is 9.97 Å². The lowest BCUT2D eigenvalue weighted by Crippen LogP contribution is -2.29. The Labute approximate surface area is 255 Å². The highest BCUT2D eigenvalue weighted by Gasteiger charge is 2.32. The van der Waals surface area contributed by atoms with E-state index in [1.165, 1.54) is 35.7 Å². The molecule has 2 aromatic heterocycles. The van der Waals surface area contributed by atoms with Gasteiger partial charge in [-0.25, -0.2) is 9.97 Å². The molecule has 0 amide bonds. The van der Waals surface area contributed by atoms with Crippen LogP contribution in [0.25, 0.3) is 0 Å². The molecule has 13 heteroatoms. The fourth-order valence-corrected chi connectivity index (χ4v) is 7.03. The van der Waals surface area contributed by atoms with E-state index in [0.29, 0.717) is 28.1 Å². The van der Waals surface area contributed by atoms with E-state index in [4.69, 9.17) is 5.73 Å². The lowest BCUT2D eigenvalue weighted by molar-refractivity contribution is -0.138. The molecule has 3 aliphatic rings. The molecule has 2 N–H and O–H groups in total. The standard InChI is InChI=1S/C12H15F3N2S.C12H12F3NOS.C6H8O/c13-12(14,15)8-4-5-11(17-7-8)18-10-3-1-2-9(16)6-10;13-12(14,15)8-4-5-11(16-7-8)18-10-3-1-2-9(17)6-10;7-6-4-2-1-3-5-6/h4-5,7,9-10H,1-3,6,16H2;4-5,7,10H,1-3,6H2;2,4H,1,3,5H2. The van der Waals surface area contributed by atoms with E-state index in [1.807, 2.05) is 6.08 Å². The minimum atomic E-state index is -4.35. The Bertz CT molecular complexity index is 1200. The molecule has 0 aliphatic heterocycles. The summed E-state index contributed by atoms with van der Waals surface area (Å²) in [5.41, 5.74) is 4.43. The second-order valence-corrected chi connectivity index (χ2v) is 13.2.